The second-order valence-corrected chi connectivity index (χ2v) is 3.93. The van der Waals surface area contributed by atoms with Crippen LogP contribution in [0, 0.1) is 5.41 Å². The van der Waals surface area contributed by atoms with Crippen LogP contribution in [0.4, 0.5) is 0 Å². The van der Waals surface area contributed by atoms with Gasteiger partial charge in [0.25, 0.3) is 0 Å². The predicted molar refractivity (Wildman–Crippen MR) is 61.6 cm³/mol. The normalized spacial score (nSPS) is 21.9. The maximum absolute atomic E-state index is 7.49. The molecule has 0 radical (unpaired) electrons. The first-order valence-electron chi connectivity index (χ1n) is 2.90. The lowest BCUT2D eigenvalue weighted by Crippen LogP contribution is -2.18. The van der Waals surface area contributed by atoms with Crippen LogP contribution in [0.3, 0.4) is 0 Å². The molecule has 13 heavy (non-hydrogen) atoms. The van der Waals surface area contributed by atoms with E-state index in [4.69, 9.17) is 51.8 Å². The Bertz CT molecular complexity index is 365. The van der Waals surface area contributed by atoms with Crippen molar-refractivity contribution >= 4 is 74.0 Å². The van der Waals surface area contributed by atoms with Gasteiger partial charge in [0.05, 0.1) is 36.3 Å². The maximum atomic E-state index is 7.49. The Morgan fingerprint density at radius 1 is 0.923 bits per heavy atom. The zero-order chi connectivity index (χ0) is 10.2. The summed E-state index contributed by atoms with van der Waals surface area (Å²) in [6.07, 6.45) is 0. The maximum Gasteiger partial charge on any atom is 0.118 e. The van der Waals surface area contributed by atoms with Crippen molar-refractivity contribution in [3.05, 3.63) is 20.1 Å². The predicted octanol–water partition coefficient (Wildman–Crippen LogP) is 4.15. The van der Waals surface area contributed by atoms with E-state index in [0.717, 1.165) is 0 Å². The first kappa shape index (κ1) is 11.5. The molecule has 0 fully saturated rings. The first-order chi connectivity index (χ1) is 6.00. The molecule has 0 amide bonds. The molecule has 1 aliphatic carbocycles. The minimum atomic E-state index is -0.0575. The van der Waals surface area contributed by atoms with Crippen LogP contribution in [0.1, 0.15) is 0 Å². The molecule has 0 bridgehead atoms. The highest BCUT2D eigenvalue weighted by Crippen LogP contribution is 2.36. The van der Waals surface area contributed by atoms with Gasteiger partial charge in [0.1, 0.15) is 11.4 Å². The number of hydrogen-bond donors (Lipinski definition) is 1. The molecule has 0 aromatic carbocycles. The van der Waals surface area contributed by atoms with E-state index >= 15 is 0 Å². The van der Waals surface area contributed by atoms with Crippen LogP contribution < -0.4 is 0 Å². The van der Waals surface area contributed by atoms with Crippen molar-refractivity contribution in [2.75, 3.05) is 0 Å². The second kappa shape index (κ2) is 4.32. The Morgan fingerprint density at radius 2 is 1.38 bits per heavy atom. The largest absolute Gasteiger partial charge is 0.297 e. The standard InChI is InChI=1S/C6HBrCl4N2/c7-13-6-4(11)2(9)1(8)3(10)5(6)12/h12H. The van der Waals surface area contributed by atoms with E-state index in [-0.39, 0.29) is 31.6 Å². The lowest BCUT2D eigenvalue weighted by atomic mass is 10.1. The third kappa shape index (κ3) is 1.95. The smallest absolute Gasteiger partial charge is 0.118 e. The Balaban J connectivity index is 3.41. The van der Waals surface area contributed by atoms with Gasteiger partial charge < -0.3 is 0 Å². The molecule has 0 aliphatic heterocycles. The fourth-order valence-electron chi connectivity index (χ4n) is 0.699. The molecular weight excluding hydrogens is 322 g/mol. The lowest BCUT2D eigenvalue weighted by molar-refractivity contribution is 1.52. The summed E-state index contributed by atoms with van der Waals surface area (Å²) in [5.74, 6) is 0. The summed E-state index contributed by atoms with van der Waals surface area (Å²) in [4.78, 5) is 0. The van der Waals surface area contributed by atoms with Crippen LogP contribution >= 0.6 is 62.6 Å². The van der Waals surface area contributed by atoms with Crippen molar-refractivity contribution in [2.45, 2.75) is 0 Å². The minimum Gasteiger partial charge on any atom is -0.297 e. The number of halogens is 5. The van der Waals surface area contributed by atoms with Gasteiger partial charge in [-0.1, -0.05) is 46.4 Å². The van der Waals surface area contributed by atoms with Gasteiger partial charge in [-0.2, -0.15) is 0 Å². The summed E-state index contributed by atoms with van der Waals surface area (Å²) in [5, 5.41) is 7.80. The topological polar surface area (TPSA) is 36.2 Å². The number of rotatable bonds is 0. The van der Waals surface area contributed by atoms with Gasteiger partial charge in [-0.25, -0.2) is 4.02 Å². The molecule has 0 heterocycles. The monoisotopic (exact) mass is 320 g/mol. The van der Waals surface area contributed by atoms with Crippen molar-refractivity contribution in [1.82, 2.24) is 0 Å². The van der Waals surface area contributed by atoms with E-state index in [2.05, 4.69) is 20.2 Å². The number of allylic oxidation sites excluding steroid dienone is 4. The Morgan fingerprint density at radius 3 is 1.85 bits per heavy atom. The van der Waals surface area contributed by atoms with Gasteiger partial charge in [-0.05, 0) is 0 Å². The van der Waals surface area contributed by atoms with E-state index in [9.17, 15) is 0 Å². The molecule has 0 spiro atoms. The van der Waals surface area contributed by atoms with Crippen molar-refractivity contribution in [3.63, 3.8) is 0 Å². The van der Waals surface area contributed by atoms with Gasteiger partial charge >= 0.3 is 0 Å². The minimum absolute atomic E-state index is 0.0364. The fourth-order valence-corrected chi connectivity index (χ4v) is 2.04. The molecule has 7 heteroatoms. The van der Waals surface area contributed by atoms with Gasteiger partial charge in [0.2, 0.25) is 0 Å². The Labute approximate surface area is 103 Å². The zero-order valence-corrected chi connectivity index (χ0v) is 10.4. The molecule has 1 rings (SSSR count). The molecule has 0 saturated heterocycles. The highest BCUT2D eigenvalue weighted by molar-refractivity contribution is 9.08. The van der Waals surface area contributed by atoms with E-state index in [1.54, 1.807) is 0 Å². The number of nitrogens with zero attached hydrogens (tertiary/aromatic N) is 1. The van der Waals surface area contributed by atoms with Crippen molar-refractivity contribution < 1.29 is 0 Å². The molecule has 0 aromatic heterocycles. The number of hydrogen-bond acceptors (Lipinski definition) is 2. The quantitative estimate of drug-likeness (QED) is 0.650. The van der Waals surface area contributed by atoms with Gasteiger partial charge in [0.15, 0.2) is 0 Å². The third-order valence-corrected chi connectivity index (χ3v) is 3.47. The van der Waals surface area contributed by atoms with Gasteiger partial charge in [-0.3, -0.25) is 5.41 Å². The zero-order valence-electron chi connectivity index (χ0n) is 5.84. The van der Waals surface area contributed by atoms with Gasteiger partial charge in [-0.15, -0.1) is 0 Å². The molecule has 0 aromatic rings. The van der Waals surface area contributed by atoms with Crippen LogP contribution in [0.2, 0.25) is 0 Å². The van der Waals surface area contributed by atoms with E-state index in [1.807, 2.05) is 0 Å². The average Bonchev–Trinajstić information content (AvgIpc) is 2.13. The van der Waals surface area contributed by atoms with Crippen molar-refractivity contribution in [3.8, 4) is 0 Å². The molecule has 1 N–H and O–H groups in total. The first-order valence-corrected chi connectivity index (χ1v) is 5.12. The van der Waals surface area contributed by atoms with Crippen LogP contribution in [-0.4, -0.2) is 11.4 Å². The second-order valence-electron chi connectivity index (χ2n) is 2.06. The summed E-state index contributed by atoms with van der Waals surface area (Å²) >= 11 is 25.7. The third-order valence-electron chi connectivity index (χ3n) is 1.33. The Kier molecular flexibility index (Phi) is 3.83. The summed E-state index contributed by atoms with van der Waals surface area (Å²) in [7, 11) is 0. The molecule has 0 unspecified atom stereocenters. The molecular formula is C6HBrCl4N2. The van der Waals surface area contributed by atoms with E-state index < -0.39 is 0 Å². The van der Waals surface area contributed by atoms with Crippen molar-refractivity contribution in [1.29, 1.82) is 5.41 Å². The highest BCUT2D eigenvalue weighted by Gasteiger charge is 2.27. The molecule has 70 valence electrons. The van der Waals surface area contributed by atoms with E-state index in [1.165, 1.54) is 0 Å². The van der Waals surface area contributed by atoms with Crippen LogP contribution in [0.15, 0.2) is 24.1 Å². The highest BCUT2D eigenvalue weighted by atomic mass is 79.9. The van der Waals surface area contributed by atoms with Crippen LogP contribution in [0.25, 0.3) is 0 Å². The van der Waals surface area contributed by atoms with Crippen LogP contribution in [0.5, 0.6) is 0 Å². The summed E-state index contributed by atoms with van der Waals surface area (Å²) in [5.41, 5.74) is 0.110. The average molecular weight is 323 g/mol. The van der Waals surface area contributed by atoms with E-state index in [0.29, 0.717) is 0 Å². The van der Waals surface area contributed by atoms with Gasteiger partial charge in [0, 0.05) is 0 Å². The number of nitrogens with one attached hydrogen (secondary N) is 1. The Hall–Kier alpha value is 0.460. The summed E-state index contributed by atoms with van der Waals surface area (Å²) in [6, 6.07) is 0. The SMILES string of the molecule is N=C1C(=NBr)C(Cl)=C(Cl)C(Cl)=C1Cl. The molecule has 2 nitrogen and oxygen atoms in total. The van der Waals surface area contributed by atoms with Crippen LogP contribution in [-0.2, 0) is 0 Å². The lowest BCUT2D eigenvalue weighted by Gasteiger charge is -2.14. The van der Waals surface area contributed by atoms with Crippen molar-refractivity contribution in [2.24, 2.45) is 4.02 Å². The molecule has 1 aliphatic rings. The molecule has 0 saturated carbocycles. The summed E-state index contributed by atoms with van der Waals surface area (Å²) in [6.45, 7) is 0. The summed E-state index contributed by atoms with van der Waals surface area (Å²) < 4.78 is 3.60. The fraction of sp³-hybridized carbons (Fsp3) is 0. The molecule has 0 atom stereocenters.